The Morgan fingerprint density at radius 3 is 2.30 bits per heavy atom. The van der Waals surface area contributed by atoms with Gasteiger partial charge in [0.25, 0.3) is 0 Å². The molecule has 0 aliphatic heterocycles. The van der Waals surface area contributed by atoms with Gasteiger partial charge in [0.1, 0.15) is 0 Å². The van der Waals surface area contributed by atoms with Crippen molar-refractivity contribution in [3.05, 3.63) is 65.5 Å². The van der Waals surface area contributed by atoms with Crippen LogP contribution in [0.25, 0.3) is 11.5 Å². The van der Waals surface area contributed by atoms with Crippen LogP contribution in [0, 0.1) is 6.92 Å². The first-order chi connectivity index (χ1) is 12.8. The second-order valence-corrected chi connectivity index (χ2v) is 8.51. The highest BCUT2D eigenvalue weighted by molar-refractivity contribution is 7.89. The minimum Gasteiger partial charge on any atom is -0.421 e. The van der Waals surface area contributed by atoms with Crippen LogP contribution in [0.2, 0.25) is 0 Å². The summed E-state index contributed by atoms with van der Waals surface area (Å²) >= 11 is 0. The van der Waals surface area contributed by atoms with Crippen LogP contribution in [0.4, 0.5) is 0 Å². The number of benzene rings is 2. The lowest BCUT2D eigenvalue weighted by Gasteiger charge is -2.08. The first-order valence-electron chi connectivity index (χ1n) is 8.84. The smallest absolute Gasteiger partial charge is 0.247 e. The van der Waals surface area contributed by atoms with E-state index in [0.29, 0.717) is 24.1 Å². The van der Waals surface area contributed by atoms with E-state index < -0.39 is 10.0 Å². The average Bonchev–Trinajstić information content (AvgIpc) is 3.11. The molecule has 0 saturated carbocycles. The molecular weight excluding hydrogens is 362 g/mol. The monoisotopic (exact) mass is 385 g/mol. The van der Waals surface area contributed by atoms with Crippen molar-refractivity contribution in [2.45, 2.75) is 38.0 Å². The van der Waals surface area contributed by atoms with E-state index in [1.807, 2.05) is 43.3 Å². The van der Waals surface area contributed by atoms with Crippen LogP contribution in [0.3, 0.4) is 0 Å². The fraction of sp³-hybridized carbons (Fsp3) is 0.300. The summed E-state index contributed by atoms with van der Waals surface area (Å²) in [6.07, 6.45) is 0.322. The van der Waals surface area contributed by atoms with Crippen LogP contribution in [-0.4, -0.2) is 25.2 Å². The van der Waals surface area contributed by atoms with Crippen molar-refractivity contribution in [2.75, 3.05) is 6.54 Å². The topological polar surface area (TPSA) is 85.1 Å². The minimum absolute atomic E-state index is 0.184. The molecule has 142 valence electrons. The SMILES string of the molecule is Cc1ccc(-c2nnc(CCNS(=O)(=O)c3ccc(C(C)C)cc3)o2)cc1. The van der Waals surface area contributed by atoms with Gasteiger partial charge in [-0.15, -0.1) is 10.2 Å². The zero-order valence-electron chi connectivity index (χ0n) is 15.6. The predicted octanol–water partition coefficient (Wildman–Crippen LogP) is 3.69. The third-order valence-electron chi connectivity index (χ3n) is 4.25. The maximum absolute atomic E-state index is 12.4. The second-order valence-electron chi connectivity index (χ2n) is 6.74. The van der Waals surface area contributed by atoms with E-state index >= 15 is 0 Å². The third kappa shape index (κ3) is 4.81. The summed E-state index contributed by atoms with van der Waals surface area (Å²) in [5, 5.41) is 8.01. The van der Waals surface area contributed by atoms with Crippen molar-refractivity contribution >= 4 is 10.0 Å². The second kappa shape index (κ2) is 8.02. The van der Waals surface area contributed by atoms with Gasteiger partial charge in [0.15, 0.2) is 0 Å². The molecule has 27 heavy (non-hydrogen) atoms. The van der Waals surface area contributed by atoms with Gasteiger partial charge in [0.05, 0.1) is 4.90 Å². The predicted molar refractivity (Wildman–Crippen MR) is 104 cm³/mol. The minimum atomic E-state index is -3.56. The normalized spacial score (nSPS) is 11.9. The van der Waals surface area contributed by atoms with Crippen molar-refractivity contribution in [1.82, 2.24) is 14.9 Å². The Labute approximate surface area is 159 Å². The van der Waals surface area contributed by atoms with Crippen LogP contribution >= 0.6 is 0 Å². The zero-order valence-corrected chi connectivity index (χ0v) is 16.5. The summed E-state index contributed by atoms with van der Waals surface area (Å²) in [4.78, 5) is 0.248. The first kappa shape index (κ1) is 19.3. The van der Waals surface area contributed by atoms with Crippen LogP contribution in [0.15, 0.2) is 57.8 Å². The average molecular weight is 385 g/mol. The number of aryl methyl sites for hydroxylation is 1. The van der Waals surface area contributed by atoms with Crippen LogP contribution in [0.5, 0.6) is 0 Å². The zero-order chi connectivity index (χ0) is 19.4. The standard InChI is InChI=1S/C20H23N3O3S/c1-14(2)16-8-10-18(11-9-16)27(24,25)21-13-12-19-22-23-20(26-19)17-6-4-15(3)5-7-17/h4-11,14,21H,12-13H2,1-3H3. The van der Waals surface area contributed by atoms with E-state index in [-0.39, 0.29) is 11.4 Å². The number of hydrogen-bond acceptors (Lipinski definition) is 5. The van der Waals surface area contributed by atoms with Gasteiger partial charge < -0.3 is 4.42 Å². The molecule has 2 aromatic carbocycles. The van der Waals surface area contributed by atoms with Gasteiger partial charge in [-0.1, -0.05) is 43.7 Å². The molecule has 0 atom stereocenters. The van der Waals surface area contributed by atoms with Crippen molar-refractivity contribution < 1.29 is 12.8 Å². The Bertz CT molecular complexity index is 992. The molecule has 1 N–H and O–H groups in total. The molecule has 0 spiro atoms. The number of aromatic nitrogens is 2. The molecule has 6 nitrogen and oxygen atoms in total. The fourth-order valence-corrected chi connectivity index (χ4v) is 3.61. The van der Waals surface area contributed by atoms with E-state index in [9.17, 15) is 8.42 Å². The van der Waals surface area contributed by atoms with E-state index in [4.69, 9.17) is 4.42 Å². The summed E-state index contributed by atoms with van der Waals surface area (Å²) in [6.45, 7) is 6.32. The van der Waals surface area contributed by atoms with E-state index in [1.54, 1.807) is 12.1 Å². The molecule has 0 aliphatic carbocycles. The summed E-state index contributed by atoms with van der Waals surface area (Å²) in [5.41, 5.74) is 3.09. The van der Waals surface area contributed by atoms with Crippen molar-refractivity contribution in [1.29, 1.82) is 0 Å². The highest BCUT2D eigenvalue weighted by Crippen LogP contribution is 2.19. The van der Waals surface area contributed by atoms with E-state index in [0.717, 1.165) is 16.7 Å². The molecule has 1 heterocycles. The molecule has 0 unspecified atom stereocenters. The Morgan fingerprint density at radius 1 is 1.00 bits per heavy atom. The highest BCUT2D eigenvalue weighted by Gasteiger charge is 2.15. The lowest BCUT2D eigenvalue weighted by molar-refractivity contribution is 0.502. The molecule has 3 rings (SSSR count). The van der Waals surface area contributed by atoms with Gasteiger partial charge in [-0.2, -0.15) is 0 Å². The molecule has 0 aliphatic rings. The van der Waals surface area contributed by atoms with Gasteiger partial charge in [-0.25, -0.2) is 13.1 Å². The molecule has 0 amide bonds. The third-order valence-corrected chi connectivity index (χ3v) is 5.73. The number of hydrogen-bond donors (Lipinski definition) is 1. The van der Waals surface area contributed by atoms with Crippen molar-refractivity contribution in [3.63, 3.8) is 0 Å². The van der Waals surface area contributed by atoms with Crippen LogP contribution < -0.4 is 4.72 Å². The summed E-state index contributed by atoms with van der Waals surface area (Å²) in [7, 11) is -3.56. The fourth-order valence-electron chi connectivity index (χ4n) is 2.57. The molecule has 0 fully saturated rings. The van der Waals surface area contributed by atoms with Gasteiger partial charge >= 0.3 is 0 Å². The highest BCUT2D eigenvalue weighted by atomic mass is 32.2. The van der Waals surface area contributed by atoms with Gasteiger partial charge in [0.2, 0.25) is 21.8 Å². The molecule has 7 heteroatoms. The molecule has 0 saturated heterocycles. The molecule has 0 radical (unpaired) electrons. The number of nitrogens with one attached hydrogen (secondary N) is 1. The van der Waals surface area contributed by atoms with Gasteiger partial charge in [0, 0.05) is 18.5 Å². The lowest BCUT2D eigenvalue weighted by atomic mass is 10.0. The molecule has 0 bridgehead atoms. The Morgan fingerprint density at radius 2 is 1.67 bits per heavy atom. The summed E-state index contributed by atoms with van der Waals surface area (Å²) in [5.74, 6) is 1.18. The Kier molecular flexibility index (Phi) is 5.72. The Hall–Kier alpha value is -2.51. The first-order valence-corrected chi connectivity index (χ1v) is 10.3. The van der Waals surface area contributed by atoms with Gasteiger partial charge in [-0.05, 0) is 42.7 Å². The Balaban J connectivity index is 1.60. The van der Waals surface area contributed by atoms with E-state index in [1.165, 1.54) is 0 Å². The molecule has 1 aromatic heterocycles. The lowest BCUT2D eigenvalue weighted by Crippen LogP contribution is -2.26. The maximum Gasteiger partial charge on any atom is 0.247 e. The van der Waals surface area contributed by atoms with Gasteiger partial charge in [-0.3, -0.25) is 0 Å². The summed E-state index contributed by atoms with van der Waals surface area (Å²) in [6, 6.07) is 14.7. The summed E-state index contributed by atoms with van der Waals surface area (Å²) < 4.78 is 33.0. The van der Waals surface area contributed by atoms with Crippen molar-refractivity contribution in [3.8, 4) is 11.5 Å². The number of nitrogens with zero attached hydrogens (tertiary/aromatic N) is 2. The van der Waals surface area contributed by atoms with Crippen molar-refractivity contribution in [2.24, 2.45) is 0 Å². The van der Waals surface area contributed by atoms with Crippen LogP contribution in [-0.2, 0) is 16.4 Å². The molecular formula is C20H23N3O3S. The number of rotatable bonds is 7. The maximum atomic E-state index is 12.4. The van der Waals surface area contributed by atoms with Crippen LogP contribution in [0.1, 0.15) is 36.8 Å². The largest absolute Gasteiger partial charge is 0.421 e. The van der Waals surface area contributed by atoms with E-state index in [2.05, 4.69) is 28.8 Å². The molecule has 3 aromatic rings. The quantitative estimate of drug-likeness (QED) is 0.670. The number of sulfonamides is 1.